The van der Waals surface area contributed by atoms with Crippen molar-refractivity contribution in [3.05, 3.63) is 38.3 Å². The van der Waals surface area contributed by atoms with Crippen LogP contribution in [-0.2, 0) is 0 Å². The monoisotopic (exact) mass is 281 g/mol. The van der Waals surface area contributed by atoms with E-state index in [1.807, 2.05) is 0 Å². The highest BCUT2D eigenvalue weighted by molar-refractivity contribution is 9.10. The smallest absolute Gasteiger partial charge is 0.283 e. The van der Waals surface area contributed by atoms with Gasteiger partial charge in [-0.05, 0) is 15.9 Å². The summed E-state index contributed by atoms with van der Waals surface area (Å²) in [6.07, 6.45) is -5.01. The molecule has 0 amide bonds. The summed E-state index contributed by atoms with van der Waals surface area (Å²) < 4.78 is 24.2. The zero-order chi connectivity index (χ0) is 11.6. The summed E-state index contributed by atoms with van der Waals surface area (Å²) in [6.45, 7) is 0. The van der Waals surface area contributed by atoms with Crippen molar-refractivity contribution in [3.8, 4) is 0 Å². The minimum Gasteiger partial charge on any atom is -0.382 e. The first kappa shape index (κ1) is 12.0. The molecule has 0 aromatic heterocycles. The third-order valence-electron chi connectivity index (χ3n) is 1.76. The topological polar surface area (TPSA) is 63.4 Å². The molecular formula is C8H6BrF2NO3. The van der Waals surface area contributed by atoms with E-state index >= 15 is 0 Å². The third kappa shape index (κ3) is 2.48. The maximum absolute atomic E-state index is 12.2. The minimum absolute atomic E-state index is 0.122. The van der Waals surface area contributed by atoms with E-state index in [9.17, 15) is 18.9 Å². The summed E-state index contributed by atoms with van der Waals surface area (Å²) in [5, 5.41) is 19.6. The zero-order valence-corrected chi connectivity index (χ0v) is 8.82. The molecule has 1 N–H and O–H groups in total. The molecule has 15 heavy (non-hydrogen) atoms. The molecule has 1 aromatic rings. The number of benzene rings is 1. The predicted octanol–water partition coefficient (Wildman–Crippen LogP) is 2.66. The molecule has 0 aliphatic heterocycles. The Balaban J connectivity index is 3.21. The highest BCUT2D eigenvalue weighted by atomic mass is 79.9. The summed E-state index contributed by atoms with van der Waals surface area (Å²) >= 11 is 2.82. The number of hydrogen-bond acceptors (Lipinski definition) is 3. The van der Waals surface area contributed by atoms with Crippen LogP contribution in [0.25, 0.3) is 0 Å². The average Bonchev–Trinajstić information content (AvgIpc) is 2.16. The SMILES string of the molecule is O=[N+]([O-])c1cccc(C(O)C(F)F)c1Br. The number of hydrogen-bond donors (Lipinski definition) is 1. The molecule has 1 atom stereocenters. The van der Waals surface area contributed by atoms with E-state index in [0.717, 1.165) is 6.07 Å². The van der Waals surface area contributed by atoms with Crippen LogP contribution in [0.4, 0.5) is 14.5 Å². The molecular weight excluding hydrogens is 276 g/mol. The molecule has 7 heteroatoms. The molecule has 82 valence electrons. The van der Waals surface area contributed by atoms with Gasteiger partial charge in [0.1, 0.15) is 10.6 Å². The first-order valence-electron chi connectivity index (χ1n) is 3.84. The van der Waals surface area contributed by atoms with E-state index in [1.165, 1.54) is 12.1 Å². The number of nitro groups is 1. The van der Waals surface area contributed by atoms with Crippen LogP contribution in [0, 0.1) is 10.1 Å². The van der Waals surface area contributed by atoms with Crippen molar-refractivity contribution in [2.75, 3.05) is 0 Å². The zero-order valence-electron chi connectivity index (χ0n) is 7.23. The minimum atomic E-state index is -2.98. The van der Waals surface area contributed by atoms with Gasteiger partial charge in [0.25, 0.3) is 12.1 Å². The summed E-state index contributed by atoms with van der Waals surface area (Å²) in [7, 11) is 0. The maximum Gasteiger partial charge on any atom is 0.283 e. The molecule has 0 fully saturated rings. The summed E-state index contributed by atoms with van der Waals surface area (Å²) in [5.74, 6) is 0. The second-order valence-corrected chi connectivity index (χ2v) is 3.51. The van der Waals surface area contributed by atoms with Gasteiger partial charge in [-0.2, -0.15) is 0 Å². The predicted molar refractivity (Wildman–Crippen MR) is 51.8 cm³/mol. The molecule has 4 nitrogen and oxygen atoms in total. The Morgan fingerprint density at radius 3 is 2.53 bits per heavy atom. The first-order chi connectivity index (χ1) is 6.95. The first-order valence-corrected chi connectivity index (χ1v) is 4.63. The average molecular weight is 282 g/mol. The molecule has 0 aliphatic carbocycles. The molecule has 0 spiro atoms. The Morgan fingerprint density at radius 1 is 1.47 bits per heavy atom. The highest BCUT2D eigenvalue weighted by Crippen LogP contribution is 2.34. The quantitative estimate of drug-likeness (QED) is 0.684. The lowest BCUT2D eigenvalue weighted by molar-refractivity contribution is -0.385. The van der Waals surface area contributed by atoms with Gasteiger partial charge in [0.15, 0.2) is 0 Å². The Kier molecular flexibility index (Phi) is 3.70. The maximum atomic E-state index is 12.2. The van der Waals surface area contributed by atoms with E-state index in [-0.39, 0.29) is 15.7 Å². The van der Waals surface area contributed by atoms with Crippen LogP contribution in [0.1, 0.15) is 11.7 Å². The fourth-order valence-corrected chi connectivity index (χ4v) is 1.69. The van der Waals surface area contributed by atoms with E-state index < -0.39 is 17.5 Å². The van der Waals surface area contributed by atoms with Gasteiger partial charge in [-0.25, -0.2) is 8.78 Å². The van der Waals surface area contributed by atoms with Crippen LogP contribution in [0.15, 0.2) is 22.7 Å². The van der Waals surface area contributed by atoms with Crippen LogP contribution < -0.4 is 0 Å². The molecule has 0 heterocycles. The van der Waals surface area contributed by atoms with Gasteiger partial charge in [0.05, 0.1) is 4.92 Å². The van der Waals surface area contributed by atoms with Crippen molar-refractivity contribution in [1.82, 2.24) is 0 Å². The number of aliphatic hydroxyl groups excluding tert-OH is 1. The van der Waals surface area contributed by atoms with Crippen LogP contribution in [0.3, 0.4) is 0 Å². The van der Waals surface area contributed by atoms with Gasteiger partial charge < -0.3 is 5.11 Å². The van der Waals surface area contributed by atoms with E-state index in [2.05, 4.69) is 15.9 Å². The molecule has 0 saturated carbocycles. The second-order valence-electron chi connectivity index (χ2n) is 2.72. The third-order valence-corrected chi connectivity index (χ3v) is 2.63. The van der Waals surface area contributed by atoms with Gasteiger partial charge in [-0.3, -0.25) is 10.1 Å². The largest absolute Gasteiger partial charge is 0.382 e. The standard InChI is InChI=1S/C8H6BrF2NO3/c9-6-4(7(13)8(10)11)2-1-3-5(6)12(14)15/h1-3,7-8,13H. The molecule has 0 saturated heterocycles. The van der Waals surface area contributed by atoms with Crippen molar-refractivity contribution in [3.63, 3.8) is 0 Å². The Morgan fingerprint density at radius 2 is 2.07 bits per heavy atom. The second kappa shape index (κ2) is 4.63. The van der Waals surface area contributed by atoms with Crippen molar-refractivity contribution < 1.29 is 18.8 Å². The number of alkyl halides is 2. The normalized spacial score (nSPS) is 12.9. The Bertz CT molecular complexity index is 386. The lowest BCUT2D eigenvalue weighted by Gasteiger charge is -2.11. The number of nitro benzene ring substituents is 1. The number of aliphatic hydroxyl groups is 1. The molecule has 0 radical (unpaired) electrons. The Labute approximate surface area is 91.8 Å². The van der Waals surface area contributed by atoms with Crippen molar-refractivity contribution in [2.45, 2.75) is 12.5 Å². The number of rotatable bonds is 3. The molecule has 0 bridgehead atoms. The van der Waals surface area contributed by atoms with Crippen molar-refractivity contribution in [2.24, 2.45) is 0 Å². The summed E-state index contributed by atoms with van der Waals surface area (Å²) in [6, 6.07) is 3.60. The van der Waals surface area contributed by atoms with Gasteiger partial charge in [-0.1, -0.05) is 12.1 Å². The van der Waals surface area contributed by atoms with E-state index in [1.54, 1.807) is 0 Å². The molecule has 1 rings (SSSR count). The number of nitrogens with zero attached hydrogens (tertiary/aromatic N) is 1. The van der Waals surface area contributed by atoms with Gasteiger partial charge >= 0.3 is 0 Å². The van der Waals surface area contributed by atoms with Crippen LogP contribution >= 0.6 is 15.9 Å². The molecule has 0 aliphatic rings. The van der Waals surface area contributed by atoms with Crippen molar-refractivity contribution >= 4 is 21.6 Å². The van der Waals surface area contributed by atoms with Gasteiger partial charge in [0.2, 0.25) is 0 Å². The van der Waals surface area contributed by atoms with E-state index in [0.29, 0.717) is 0 Å². The van der Waals surface area contributed by atoms with Crippen molar-refractivity contribution in [1.29, 1.82) is 0 Å². The fraction of sp³-hybridized carbons (Fsp3) is 0.250. The van der Waals surface area contributed by atoms with Crippen LogP contribution in [0.5, 0.6) is 0 Å². The van der Waals surface area contributed by atoms with Crippen LogP contribution in [0.2, 0.25) is 0 Å². The molecule has 1 aromatic carbocycles. The highest BCUT2D eigenvalue weighted by Gasteiger charge is 2.25. The van der Waals surface area contributed by atoms with Crippen LogP contribution in [-0.4, -0.2) is 16.5 Å². The summed E-state index contributed by atoms with van der Waals surface area (Å²) in [5.41, 5.74) is -0.550. The number of halogens is 3. The van der Waals surface area contributed by atoms with Gasteiger partial charge in [0, 0.05) is 11.6 Å². The fourth-order valence-electron chi connectivity index (χ4n) is 1.04. The van der Waals surface area contributed by atoms with Gasteiger partial charge in [-0.15, -0.1) is 0 Å². The summed E-state index contributed by atoms with van der Waals surface area (Å²) in [4.78, 5) is 9.76. The lowest BCUT2D eigenvalue weighted by atomic mass is 10.1. The lowest BCUT2D eigenvalue weighted by Crippen LogP contribution is -2.09. The molecule has 1 unspecified atom stereocenters. The Hall–Kier alpha value is -1.08. The van der Waals surface area contributed by atoms with E-state index in [4.69, 9.17) is 5.11 Å².